The topological polar surface area (TPSA) is 47.7 Å². The first-order chi connectivity index (χ1) is 8.10. The summed E-state index contributed by atoms with van der Waals surface area (Å²) in [4.78, 5) is 2.26. The molecule has 4 heteroatoms. The van der Waals surface area contributed by atoms with Gasteiger partial charge >= 0.3 is 0 Å². The molecule has 0 unspecified atom stereocenters. The van der Waals surface area contributed by atoms with Crippen molar-refractivity contribution in [2.75, 3.05) is 38.0 Å². The zero-order valence-corrected chi connectivity index (χ0v) is 11.1. The molecule has 0 saturated heterocycles. The molecule has 0 aliphatic carbocycles. The molecule has 2 N–H and O–H groups in total. The summed E-state index contributed by atoms with van der Waals surface area (Å²) in [6.07, 6.45) is 0. The highest BCUT2D eigenvalue weighted by Crippen LogP contribution is 2.28. The van der Waals surface area contributed by atoms with E-state index >= 15 is 0 Å². The Kier molecular flexibility index (Phi) is 5.10. The van der Waals surface area contributed by atoms with E-state index in [0.29, 0.717) is 24.1 Å². The fourth-order valence-corrected chi connectivity index (χ4v) is 1.75. The van der Waals surface area contributed by atoms with E-state index in [1.165, 1.54) is 0 Å². The molecule has 0 amide bonds. The van der Waals surface area contributed by atoms with Gasteiger partial charge in [0, 0.05) is 31.5 Å². The lowest BCUT2D eigenvalue weighted by atomic mass is 10.2. The summed E-state index contributed by atoms with van der Waals surface area (Å²) < 4.78 is 10.4. The third-order valence-electron chi connectivity index (χ3n) is 2.71. The van der Waals surface area contributed by atoms with Gasteiger partial charge in [0.25, 0.3) is 0 Å². The molecule has 0 heterocycles. The van der Waals surface area contributed by atoms with Crippen LogP contribution in [0.1, 0.15) is 13.8 Å². The third kappa shape index (κ3) is 3.53. The van der Waals surface area contributed by atoms with Crippen LogP contribution in [-0.4, -0.2) is 33.4 Å². The Morgan fingerprint density at radius 3 is 2.53 bits per heavy atom. The summed E-state index contributed by atoms with van der Waals surface area (Å²) in [5.41, 5.74) is 7.57. The molecule has 0 fully saturated rings. The van der Waals surface area contributed by atoms with Crippen LogP contribution in [0.25, 0.3) is 0 Å². The number of benzene rings is 1. The van der Waals surface area contributed by atoms with Gasteiger partial charge in [0.15, 0.2) is 0 Å². The Hall–Kier alpha value is -1.42. The largest absolute Gasteiger partial charge is 0.495 e. The van der Waals surface area contributed by atoms with E-state index in [0.717, 1.165) is 12.2 Å². The second-order valence-corrected chi connectivity index (χ2v) is 4.21. The molecule has 1 aromatic carbocycles. The Morgan fingerprint density at radius 1 is 1.29 bits per heavy atom. The standard InChI is InChI=1S/C13H22N2O2/c1-10(2)15(7-8-16-3)11-5-6-12(14)13(9-11)17-4/h5-6,9-10H,7-8,14H2,1-4H3. The van der Waals surface area contributed by atoms with Gasteiger partial charge in [0.05, 0.1) is 19.4 Å². The van der Waals surface area contributed by atoms with Crippen molar-refractivity contribution in [1.29, 1.82) is 0 Å². The normalized spacial score (nSPS) is 10.6. The van der Waals surface area contributed by atoms with E-state index in [9.17, 15) is 0 Å². The summed E-state index contributed by atoms with van der Waals surface area (Å²) in [6, 6.07) is 6.24. The summed E-state index contributed by atoms with van der Waals surface area (Å²) in [5, 5.41) is 0. The molecular weight excluding hydrogens is 216 g/mol. The average Bonchev–Trinajstić information content (AvgIpc) is 2.31. The van der Waals surface area contributed by atoms with Gasteiger partial charge in [-0.15, -0.1) is 0 Å². The van der Waals surface area contributed by atoms with Gasteiger partial charge in [-0.05, 0) is 26.0 Å². The van der Waals surface area contributed by atoms with Crippen LogP contribution in [0, 0.1) is 0 Å². The van der Waals surface area contributed by atoms with Gasteiger partial charge in [0.1, 0.15) is 5.75 Å². The maximum absolute atomic E-state index is 5.81. The number of methoxy groups -OCH3 is 2. The monoisotopic (exact) mass is 238 g/mol. The Morgan fingerprint density at radius 2 is 2.00 bits per heavy atom. The lowest BCUT2D eigenvalue weighted by Gasteiger charge is -2.29. The second kappa shape index (κ2) is 6.35. The predicted molar refractivity (Wildman–Crippen MR) is 71.8 cm³/mol. The van der Waals surface area contributed by atoms with E-state index in [1.54, 1.807) is 14.2 Å². The number of rotatable bonds is 6. The summed E-state index contributed by atoms with van der Waals surface area (Å²) in [6.45, 7) is 5.85. The molecule has 4 nitrogen and oxygen atoms in total. The molecule has 0 atom stereocenters. The van der Waals surface area contributed by atoms with Gasteiger partial charge in [-0.1, -0.05) is 0 Å². The molecule has 0 spiro atoms. The van der Waals surface area contributed by atoms with Crippen LogP contribution in [0.15, 0.2) is 18.2 Å². The zero-order chi connectivity index (χ0) is 12.8. The molecule has 96 valence electrons. The Bertz CT molecular complexity index is 353. The van der Waals surface area contributed by atoms with Crippen molar-refractivity contribution in [3.05, 3.63) is 18.2 Å². The number of nitrogen functional groups attached to an aromatic ring is 1. The smallest absolute Gasteiger partial charge is 0.143 e. The number of anilines is 2. The number of nitrogens with zero attached hydrogens (tertiary/aromatic N) is 1. The SMILES string of the molecule is COCCN(c1ccc(N)c(OC)c1)C(C)C. The minimum absolute atomic E-state index is 0.401. The molecule has 0 aliphatic rings. The van der Waals surface area contributed by atoms with Crippen molar-refractivity contribution < 1.29 is 9.47 Å². The summed E-state index contributed by atoms with van der Waals surface area (Å²) in [7, 11) is 3.34. The molecule has 1 rings (SSSR count). The molecule has 0 aliphatic heterocycles. The number of hydrogen-bond donors (Lipinski definition) is 1. The van der Waals surface area contributed by atoms with Crippen molar-refractivity contribution in [3.63, 3.8) is 0 Å². The van der Waals surface area contributed by atoms with Gasteiger partial charge in [-0.2, -0.15) is 0 Å². The van der Waals surface area contributed by atoms with Crippen LogP contribution in [-0.2, 0) is 4.74 Å². The van der Waals surface area contributed by atoms with Crippen molar-refractivity contribution in [3.8, 4) is 5.75 Å². The highest BCUT2D eigenvalue weighted by atomic mass is 16.5. The van der Waals surface area contributed by atoms with Gasteiger partial charge in [-0.25, -0.2) is 0 Å². The van der Waals surface area contributed by atoms with E-state index in [1.807, 2.05) is 18.2 Å². The number of ether oxygens (including phenoxy) is 2. The van der Waals surface area contributed by atoms with Crippen LogP contribution in [0.3, 0.4) is 0 Å². The van der Waals surface area contributed by atoms with Crippen LogP contribution >= 0.6 is 0 Å². The van der Waals surface area contributed by atoms with Gasteiger partial charge in [-0.3, -0.25) is 0 Å². The maximum Gasteiger partial charge on any atom is 0.143 e. The number of hydrogen-bond acceptors (Lipinski definition) is 4. The maximum atomic E-state index is 5.81. The van der Waals surface area contributed by atoms with Crippen LogP contribution in [0.2, 0.25) is 0 Å². The molecule has 0 aromatic heterocycles. The van der Waals surface area contributed by atoms with Crippen LogP contribution in [0.5, 0.6) is 5.75 Å². The second-order valence-electron chi connectivity index (χ2n) is 4.21. The first-order valence-electron chi connectivity index (χ1n) is 5.79. The van der Waals surface area contributed by atoms with E-state index in [2.05, 4.69) is 18.7 Å². The number of nitrogens with two attached hydrogens (primary N) is 1. The van der Waals surface area contributed by atoms with E-state index in [-0.39, 0.29) is 0 Å². The quantitative estimate of drug-likeness (QED) is 0.771. The lowest BCUT2D eigenvalue weighted by molar-refractivity contribution is 0.204. The van der Waals surface area contributed by atoms with Crippen LogP contribution < -0.4 is 15.4 Å². The summed E-state index contributed by atoms with van der Waals surface area (Å²) >= 11 is 0. The molecule has 1 aromatic rings. The van der Waals surface area contributed by atoms with Crippen molar-refractivity contribution in [1.82, 2.24) is 0 Å². The molecule has 0 saturated carbocycles. The Balaban J connectivity index is 2.93. The minimum atomic E-state index is 0.401. The average molecular weight is 238 g/mol. The van der Waals surface area contributed by atoms with Crippen molar-refractivity contribution in [2.24, 2.45) is 0 Å². The molecular formula is C13H22N2O2. The molecule has 0 bridgehead atoms. The van der Waals surface area contributed by atoms with Crippen molar-refractivity contribution >= 4 is 11.4 Å². The lowest BCUT2D eigenvalue weighted by Crippen LogP contribution is -2.33. The molecule has 17 heavy (non-hydrogen) atoms. The van der Waals surface area contributed by atoms with Crippen molar-refractivity contribution in [2.45, 2.75) is 19.9 Å². The zero-order valence-electron chi connectivity index (χ0n) is 11.1. The third-order valence-corrected chi connectivity index (χ3v) is 2.71. The Labute approximate surface area is 103 Å². The fourth-order valence-electron chi connectivity index (χ4n) is 1.75. The first kappa shape index (κ1) is 13.6. The van der Waals surface area contributed by atoms with Crippen LogP contribution in [0.4, 0.5) is 11.4 Å². The predicted octanol–water partition coefficient (Wildman–Crippen LogP) is 2.14. The molecule has 0 radical (unpaired) electrons. The minimum Gasteiger partial charge on any atom is -0.495 e. The fraction of sp³-hybridized carbons (Fsp3) is 0.538. The first-order valence-corrected chi connectivity index (χ1v) is 5.79. The van der Waals surface area contributed by atoms with Gasteiger partial charge < -0.3 is 20.1 Å². The highest BCUT2D eigenvalue weighted by Gasteiger charge is 2.12. The highest BCUT2D eigenvalue weighted by molar-refractivity contribution is 5.62. The summed E-state index contributed by atoms with van der Waals surface area (Å²) in [5.74, 6) is 0.713. The van der Waals surface area contributed by atoms with E-state index < -0.39 is 0 Å². The van der Waals surface area contributed by atoms with E-state index in [4.69, 9.17) is 15.2 Å². The van der Waals surface area contributed by atoms with Gasteiger partial charge in [0.2, 0.25) is 0 Å².